The SMILES string of the molecule is Cc1cccc(SC2CCN(C(=O)c3ccccc3-n3cncn3)CC2)c1. The number of nitrogens with zero attached hydrogens (tertiary/aromatic N) is 4. The summed E-state index contributed by atoms with van der Waals surface area (Å²) in [5, 5.41) is 4.73. The van der Waals surface area contributed by atoms with Crippen LogP contribution in [0.1, 0.15) is 28.8 Å². The van der Waals surface area contributed by atoms with E-state index in [9.17, 15) is 4.79 Å². The number of carbonyl (C=O) groups excluding carboxylic acids is 1. The van der Waals surface area contributed by atoms with Crippen LogP contribution < -0.4 is 0 Å². The quantitative estimate of drug-likeness (QED) is 0.689. The van der Waals surface area contributed by atoms with Crippen molar-refractivity contribution < 1.29 is 4.79 Å². The zero-order chi connectivity index (χ0) is 18.6. The van der Waals surface area contributed by atoms with Crippen LogP contribution in [0.5, 0.6) is 0 Å². The van der Waals surface area contributed by atoms with Crippen molar-refractivity contribution in [1.82, 2.24) is 19.7 Å². The number of rotatable bonds is 4. The molecule has 2 heterocycles. The van der Waals surface area contributed by atoms with E-state index in [0.29, 0.717) is 10.8 Å². The highest BCUT2D eigenvalue weighted by Gasteiger charge is 2.26. The Bertz CT molecular complexity index is 917. The molecule has 0 aliphatic carbocycles. The summed E-state index contributed by atoms with van der Waals surface area (Å²) < 4.78 is 1.65. The Balaban J connectivity index is 1.42. The lowest BCUT2D eigenvalue weighted by Gasteiger charge is -2.32. The van der Waals surface area contributed by atoms with E-state index in [1.54, 1.807) is 11.0 Å². The lowest BCUT2D eigenvalue weighted by Crippen LogP contribution is -2.39. The van der Waals surface area contributed by atoms with Gasteiger partial charge in [0, 0.05) is 23.2 Å². The fourth-order valence-electron chi connectivity index (χ4n) is 3.42. The molecule has 1 aromatic heterocycles. The standard InChI is InChI=1S/C21H22N4OS/c1-16-5-4-6-18(13-16)27-17-9-11-24(12-10-17)21(26)19-7-2-3-8-20(19)25-15-22-14-23-25/h2-8,13-15,17H,9-12H2,1H3. The van der Waals surface area contributed by atoms with Crippen molar-refractivity contribution >= 4 is 17.7 Å². The monoisotopic (exact) mass is 378 g/mol. The van der Waals surface area contributed by atoms with E-state index in [1.165, 1.54) is 16.8 Å². The second-order valence-electron chi connectivity index (χ2n) is 6.78. The number of aromatic nitrogens is 3. The summed E-state index contributed by atoms with van der Waals surface area (Å²) in [7, 11) is 0. The van der Waals surface area contributed by atoms with E-state index in [2.05, 4.69) is 41.3 Å². The molecule has 0 saturated carbocycles. The van der Waals surface area contributed by atoms with Crippen molar-refractivity contribution in [3.63, 3.8) is 0 Å². The molecule has 0 N–H and O–H groups in total. The molecule has 0 radical (unpaired) electrons. The smallest absolute Gasteiger partial charge is 0.256 e. The third-order valence-corrected chi connectivity index (χ3v) is 6.15. The molecule has 6 heteroatoms. The highest BCUT2D eigenvalue weighted by molar-refractivity contribution is 8.00. The molecule has 27 heavy (non-hydrogen) atoms. The molecule has 4 rings (SSSR count). The van der Waals surface area contributed by atoms with Crippen LogP contribution in [0, 0.1) is 6.92 Å². The van der Waals surface area contributed by atoms with E-state index in [4.69, 9.17) is 0 Å². The third kappa shape index (κ3) is 4.06. The molecule has 138 valence electrons. The normalized spacial score (nSPS) is 15.1. The van der Waals surface area contributed by atoms with E-state index in [1.807, 2.05) is 40.9 Å². The van der Waals surface area contributed by atoms with Crippen molar-refractivity contribution in [2.45, 2.75) is 29.9 Å². The Kier molecular flexibility index (Phi) is 5.25. The number of para-hydroxylation sites is 1. The van der Waals surface area contributed by atoms with E-state index in [0.717, 1.165) is 31.6 Å². The number of carbonyl (C=O) groups is 1. The van der Waals surface area contributed by atoms with Crippen LogP contribution >= 0.6 is 11.8 Å². The zero-order valence-corrected chi connectivity index (χ0v) is 16.1. The van der Waals surface area contributed by atoms with Gasteiger partial charge in [-0.3, -0.25) is 4.79 Å². The van der Waals surface area contributed by atoms with E-state index < -0.39 is 0 Å². The largest absolute Gasteiger partial charge is 0.339 e. The summed E-state index contributed by atoms with van der Waals surface area (Å²) in [6.07, 6.45) is 5.12. The maximum atomic E-state index is 13.1. The van der Waals surface area contributed by atoms with Gasteiger partial charge in [-0.25, -0.2) is 9.67 Å². The maximum absolute atomic E-state index is 13.1. The number of thioether (sulfide) groups is 1. The Hall–Kier alpha value is -2.60. The molecule has 1 aliphatic rings. The summed E-state index contributed by atoms with van der Waals surface area (Å²) in [5.41, 5.74) is 2.74. The van der Waals surface area contributed by atoms with Gasteiger partial charge in [-0.05, 0) is 44.0 Å². The molecule has 1 fully saturated rings. The number of amides is 1. The van der Waals surface area contributed by atoms with Crippen LogP contribution in [0.3, 0.4) is 0 Å². The number of benzene rings is 2. The minimum Gasteiger partial charge on any atom is -0.339 e. The van der Waals surface area contributed by atoms with Crippen molar-refractivity contribution in [3.8, 4) is 5.69 Å². The predicted octanol–water partition coefficient (Wildman–Crippen LogP) is 3.97. The summed E-state index contributed by atoms with van der Waals surface area (Å²) in [6.45, 7) is 3.69. The number of aryl methyl sites for hydroxylation is 1. The molecular weight excluding hydrogens is 356 g/mol. The molecule has 2 aromatic carbocycles. The van der Waals surface area contributed by atoms with Gasteiger partial charge < -0.3 is 4.90 Å². The fourth-order valence-corrected chi connectivity index (χ4v) is 4.66. The van der Waals surface area contributed by atoms with Crippen LogP contribution in [-0.4, -0.2) is 43.9 Å². The van der Waals surface area contributed by atoms with E-state index >= 15 is 0 Å². The first-order valence-corrected chi connectivity index (χ1v) is 10.1. The molecule has 0 atom stereocenters. The van der Waals surface area contributed by atoms with Gasteiger partial charge in [0.05, 0.1) is 11.3 Å². The zero-order valence-electron chi connectivity index (χ0n) is 15.3. The third-order valence-electron chi connectivity index (χ3n) is 4.82. The lowest BCUT2D eigenvalue weighted by molar-refractivity contribution is 0.0727. The number of likely N-dealkylation sites (tertiary alicyclic amines) is 1. The van der Waals surface area contributed by atoms with Crippen molar-refractivity contribution in [1.29, 1.82) is 0 Å². The average Bonchev–Trinajstić information content (AvgIpc) is 3.23. The van der Waals surface area contributed by atoms with Gasteiger partial charge >= 0.3 is 0 Å². The van der Waals surface area contributed by atoms with Crippen LogP contribution in [0.15, 0.2) is 66.1 Å². The molecular formula is C21H22N4OS. The summed E-state index contributed by atoms with van der Waals surface area (Å²) >= 11 is 1.93. The van der Waals surface area contributed by atoms with Crippen molar-refractivity contribution in [2.24, 2.45) is 0 Å². The maximum Gasteiger partial charge on any atom is 0.256 e. The first kappa shape index (κ1) is 17.8. The van der Waals surface area contributed by atoms with Crippen LogP contribution in [0.25, 0.3) is 5.69 Å². The highest BCUT2D eigenvalue weighted by atomic mass is 32.2. The molecule has 0 spiro atoms. The second kappa shape index (κ2) is 7.96. The van der Waals surface area contributed by atoms with Gasteiger partial charge in [-0.15, -0.1) is 11.8 Å². The fraction of sp³-hybridized carbons (Fsp3) is 0.286. The molecule has 1 saturated heterocycles. The highest BCUT2D eigenvalue weighted by Crippen LogP contribution is 2.31. The molecule has 1 aliphatic heterocycles. The number of hydrogen-bond acceptors (Lipinski definition) is 4. The van der Waals surface area contributed by atoms with Gasteiger partial charge in [0.1, 0.15) is 12.7 Å². The van der Waals surface area contributed by atoms with Gasteiger partial charge in [-0.2, -0.15) is 5.10 Å². The van der Waals surface area contributed by atoms with Crippen LogP contribution in [0.2, 0.25) is 0 Å². The van der Waals surface area contributed by atoms with Gasteiger partial charge in [-0.1, -0.05) is 29.8 Å². The Morgan fingerprint density at radius 2 is 1.93 bits per heavy atom. The number of hydrogen-bond donors (Lipinski definition) is 0. The first-order chi connectivity index (χ1) is 13.2. The second-order valence-corrected chi connectivity index (χ2v) is 8.16. The minimum absolute atomic E-state index is 0.0695. The van der Waals surface area contributed by atoms with Crippen LogP contribution in [-0.2, 0) is 0 Å². The summed E-state index contributed by atoms with van der Waals surface area (Å²) in [6, 6.07) is 16.2. The molecule has 0 unspecified atom stereocenters. The topological polar surface area (TPSA) is 51.0 Å². The average molecular weight is 379 g/mol. The van der Waals surface area contributed by atoms with Gasteiger partial charge in [0.25, 0.3) is 5.91 Å². The van der Waals surface area contributed by atoms with Crippen molar-refractivity contribution in [3.05, 3.63) is 72.3 Å². The minimum atomic E-state index is 0.0695. The molecule has 5 nitrogen and oxygen atoms in total. The Labute approximate surface area is 163 Å². The lowest BCUT2D eigenvalue weighted by atomic mass is 10.1. The summed E-state index contributed by atoms with van der Waals surface area (Å²) in [5.74, 6) is 0.0695. The van der Waals surface area contributed by atoms with Crippen LogP contribution in [0.4, 0.5) is 0 Å². The van der Waals surface area contributed by atoms with Gasteiger partial charge in [0.2, 0.25) is 0 Å². The van der Waals surface area contributed by atoms with E-state index in [-0.39, 0.29) is 5.91 Å². The summed E-state index contributed by atoms with van der Waals surface area (Å²) in [4.78, 5) is 20.4. The Morgan fingerprint density at radius 3 is 2.67 bits per heavy atom. The van der Waals surface area contributed by atoms with Crippen molar-refractivity contribution in [2.75, 3.05) is 13.1 Å². The molecule has 3 aromatic rings. The predicted molar refractivity (Wildman–Crippen MR) is 107 cm³/mol. The first-order valence-electron chi connectivity index (χ1n) is 9.17. The Morgan fingerprint density at radius 1 is 1.11 bits per heavy atom. The van der Waals surface area contributed by atoms with Gasteiger partial charge in [0.15, 0.2) is 0 Å². The number of piperidine rings is 1. The molecule has 0 bridgehead atoms. The molecule has 1 amide bonds.